The number of hydrogen-bond acceptors (Lipinski definition) is 2. The predicted octanol–water partition coefficient (Wildman–Crippen LogP) is 3.85. The van der Waals surface area contributed by atoms with Crippen LogP contribution in [0, 0.1) is 5.92 Å². The van der Waals surface area contributed by atoms with Gasteiger partial charge in [-0.25, -0.2) is 0 Å². The first-order valence-electron chi connectivity index (χ1n) is 5.29. The van der Waals surface area contributed by atoms with E-state index in [1.165, 1.54) is 24.1 Å². The van der Waals surface area contributed by atoms with Crippen LogP contribution in [-0.4, -0.2) is 6.54 Å². The van der Waals surface area contributed by atoms with Gasteiger partial charge in [-0.15, -0.1) is 11.3 Å². The number of nitrogens with one attached hydrogen (secondary N) is 1. The second-order valence-electron chi connectivity index (χ2n) is 3.86. The molecule has 1 atom stereocenters. The number of hydrogen-bond donors (Lipinski definition) is 1. The van der Waals surface area contributed by atoms with Crippen LogP contribution in [0.25, 0.3) is 0 Å². The third-order valence-corrected chi connectivity index (χ3v) is 4.41. The highest BCUT2D eigenvalue weighted by molar-refractivity contribution is 7.10. The second-order valence-corrected chi connectivity index (χ2v) is 5.21. The van der Waals surface area contributed by atoms with Crippen molar-refractivity contribution >= 4 is 22.9 Å². The molecule has 1 N–H and O–H groups in total. The molecule has 0 saturated heterocycles. The van der Waals surface area contributed by atoms with Crippen LogP contribution in [0.15, 0.2) is 11.4 Å². The first-order chi connectivity index (χ1) is 6.83. The van der Waals surface area contributed by atoms with E-state index in [2.05, 4.69) is 17.6 Å². The van der Waals surface area contributed by atoms with Gasteiger partial charge in [0.25, 0.3) is 0 Å². The second kappa shape index (κ2) is 4.65. The zero-order valence-corrected chi connectivity index (χ0v) is 10.00. The molecule has 1 fully saturated rings. The lowest BCUT2D eigenvalue weighted by Crippen LogP contribution is -2.31. The summed E-state index contributed by atoms with van der Waals surface area (Å²) in [6.45, 7) is 3.18. The summed E-state index contributed by atoms with van der Waals surface area (Å²) in [6, 6.07) is 2.51. The van der Waals surface area contributed by atoms with Crippen molar-refractivity contribution in [2.24, 2.45) is 5.92 Å². The molecule has 1 aliphatic rings. The van der Waals surface area contributed by atoms with Crippen molar-refractivity contribution in [3.05, 3.63) is 21.3 Å². The van der Waals surface area contributed by atoms with E-state index in [1.807, 2.05) is 6.07 Å². The van der Waals surface area contributed by atoms with Gasteiger partial charge < -0.3 is 5.32 Å². The van der Waals surface area contributed by atoms with E-state index in [4.69, 9.17) is 11.6 Å². The molecule has 0 aliphatic heterocycles. The van der Waals surface area contributed by atoms with Crippen molar-refractivity contribution in [1.82, 2.24) is 5.32 Å². The van der Waals surface area contributed by atoms with Crippen molar-refractivity contribution in [2.75, 3.05) is 6.54 Å². The Morgan fingerprint density at radius 1 is 1.64 bits per heavy atom. The summed E-state index contributed by atoms with van der Waals surface area (Å²) in [5, 5.41) is 6.58. The van der Waals surface area contributed by atoms with Crippen molar-refractivity contribution in [2.45, 2.75) is 32.2 Å². The van der Waals surface area contributed by atoms with Crippen molar-refractivity contribution in [1.29, 1.82) is 0 Å². The van der Waals surface area contributed by atoms with E-state index >= 15 is 0 Å². The van der Waals surface area contributed by atoms with Crippen LogP contribution in [0.3, 0.4) is 0 Å². The summed E-state index contributed by atoms with van der Waals surface area (Å²) >= 11 is 7.95. The first-order valence-corrected chi connectivity index (χ1v) is 6.55. The third kappa shape index (κ3) is 1.97. The number of rotatable bonds is 4. The molecule has 1 heterocycles. The maximum atomic E-state index is 6.17. The van der Waals surface area contributed by atoms with Crippen LogP contribution in [0.5, 0.6) is 0 Å². The largest absolute Gasteiger partial charge is 0.309 e. The fourth-order valence-electron chi connectivity index (χ4n) is 1.99. The van der Waals surface area contributed by atoms with E-state index < -0.39 is 0 Å². The molecule has 1 aliphatic carbocycles. The Morgan fingerprint density at radius 2 is 2.43 bits per heavy atom. The van der Waals surface area contributed by atoms with Crippen molar-refractivity contribution in [3.63, 3.8) is 0 Å². The monoisotopic (exact) mass is 229 g/mol. The molecule has 0 bridgehead atoms. The summed E-state index contributed by atoms with van der Waals surface area (Å²) in [5.41, 5.74) is 0. The van der Waals surface area contributed by atoms with Gasteiger partial charge in [-0.3, -0.25) is 0 Å². The van der Waals surface area contributed by atoms with Crippen LogP contribution in [-0.2, 0) is 0 Å². The highest BCUT2D eigenvalue weighted by Crippen LogP contribution is 2.41. The summed E-state index contributed by atoms with van der Waals surface area (Å²) in [7, 11) is 0. The van der Waals surface area contributed by atoms with Gasteiger partial charge in [0.15, 0.2) is 0 Å². The summed E-state index contributed by atoms with van der Waals surface area (Å²) < 4.78 is 0. The molecule has 1 aromatic rings. The Hall–Kier alpha value is -0.0500. The lowest BCUT2D eigenvalue weighted by atomic mass is 9.79. The molecule has 0 amide bonds. The normalized spacial score (nSPS) is 19.3. The molecular formula is C11H16ClNS. The molecule has 2 rings (SSSR count). The highest BCUT2D eigenvalue weighted by Gasteiger charge is 2.29. The van der Waals surface area contributed by atoms with Gasteiger partial charge in [0, 0.05) is 10.9 Å². The van der Waals surface area contributed by atoms with Crippen molar-refractivity contribution in [3.8, 4) is 0 Å². The van der Waals surface area contributed by atoms with E-state index in [-0.39, 0.29) is 0 Å². The lowest BCUT2D eigenvalue weighted by Gasteiger charge is -2.34. The molecule has 1 unspecified atom stereocenters. The SMILES string of the molecule is CCNC(c1sccc1Cl)C1CCC1. The fourth-order valence-corrected chi connectivity index (χ4v) is 3.34. The molecule has 0 spiro atoms. The van der Waals surface area contributed by atoms with Crippen LogP contribution in [0.1, 0.15) is 37.1 Å². The van der Waals surface area contributed by atoms with E-state index in [0.717, 1.165) is 17.5 Å². The van der Waals surface area contributed by atoms with Gasteiger partial charge >= 0.3 is 0 Å². The Balaban J connectivity index is 2.13. The van der Waals surface area contributed by atoms with Gasteiger partial charge in [-0.05, 0) is 36.8 Å². The quantitative estimate of drug-likeness (QED) is 0.827. The first kappa shape index (κ1) is 10.5. The molecule has 78 valence electrons. The minimum Gasteiger partial charge on any atom is -0.309 e. The van der Waals surface area contributed by atoms with Crippen LogP contribution in [0.4, 0.5) is 0 Å². The third-order valence-electron chi connectivity index (χ3n) is 2.97. The molecule has 0 aromatic carbocycles. The van der Waals surface area contributed by atoms with E-state index in [0.29, 0.717) is 6.04 Å². The topological polar surface area (TPSA) is 12.0 Å². The van der Waals surface area contributed by atoms with Crippen LogP contribution in [0.2, 0.25) is 5.02 Å². The fraction of sp³-hybridized carbons (Fsp3) is 0.636. The maximum absolute atomic E-state index is 6.17. The van der Waals surface area contributed by atoms with Crippen LogP contribution < -0.4 is 5.32 Å². The Bertz CT molecular complexity index is 293. The molecule has 14 heavy (non-hydrogen) atoms. The van der Waals surface area contributed by atoms with Gasteiger partial charge in [0.2, 0.25) is 0 Å². The van der Waals surface area contributed by atoms with Gasteiger partial charge in [0.05, 0.1) is 5.02 Å². The Morgan fingerprint density at radius 3 is 2.86 bits per heavy atom. The molecular weight excluding hydrogens is 214 g/mol. The Labute approximate surface area is 94.5 Å². The zero-order valence-electron chi connectivity index (χ0n) is 8.42. The standard InChI is InChI=1S/C11H16ClNS/c1-2-13-10(8-4-3-5-8)11-9(12)6-7-14-11/h6-8,10,13H,2-5H2,1H3. The predicted molar refractivity (Wildman–Crippen MR) is 63.1 cm³/mol. The zero-order chi connectivity index (χ0) is 9.97. The van der Waals surface area contributed by atoms with E-state index in [1.54, 1.807) is 11.3 Å². The lowest BCUT2D eigenvalue weighted by molar-refractivity contribution is 0.236. The number of halogens is 1. The summed E-state index contributed by atoms with van der Waals surface area (Å²) in [6.07, 6.45) is 4.09. The highest BCUT2D eigenvalue weighted by atomic mass is 35.5. The van der Waals surface area contributed by atoms with Gasteiger partial charge in [-0.2, -0.15) is 0 Å². The van der Waals surface area contributed by atoms with Gasteiger partial charge in [-0.1, -0.05) is 24.9 Å². The smallest absolute Gasteiger partial charge is 0.0561 e. The Kier molecular flexibility index (Phi) is 3.47. The summed E-state index contributed by atoms with van der Waals surface area (Å²) in [5.74, 6) is 0.811. The minimum atomic E-state index is 0.501. The molecule has 1 saturated carbocycles. The molecule has 1 nitrogen and oxygen atoms in total. The average Bonchev–Trinajstić information content (AvgIpc) is 2.47. The molecule has 0 radical (unpaired) electrons. The van der Waals surface area contributed by atoms with Crippen LogP contribution >= 0.6 is 22.9 Å². The molecule has 1 aromatic heterocycles. The number of thiophene rings is 1. The maximum Gasteiger partial charge on any atom is 0.0561 e. The summed E-state index contributed by atoms with van der Waals surface area (Å²) in [4.78, 5) is 1.33. The van der Waals surface area contributed by atoms with Crippen molar-refractivity contribution < 1.29 is 0 Å². The minimum absolute atomic E-state index is 0.501. The average molecular weight is 230 g/mol. The van der Waals surface area contributed by atoms with Gasteiger partial charge in [0.1, 0.15) is 0 Å². The molecule has 3 heteroatoms. The van der Waals surface area contributed by atoms with E-state index in [9.17, 15) is 0 Å².